The predicted molar refractivity (Wildman–Crippen MR) is 141 cm³/mol. The molecule has 1 fully saturated rings. The lowest BCUT2D eigenvalue weighted by molar-refractivity contribution is -0.141. The molecule has 2 unspecified atom stereocenters. The number of amides is 2. The third kappa shape index (κ3) is 4.66. The molecule has 0 aliphatic carbocycles. The Balaban J connectivity index is 1.45. The summed E-state index contributed by atoms with van der Waals surface area (Å²) in [5.41, 5.74) is 5.80. The second kappa shape index (κ2) is 9.96. The number of fused-ring (bicyclic) bond motifs is 3. The predicted octanol–water partition coefficient (Wildman–Crippen LogP) is 5.44. The zero-order valence-electron chi connectivity index (χ0n) is 19.3. The van der Waals surface area contributed by atoms with Crippen LogP contribution in [0.2, 0.25) is 0 Å². The first-order valence-corrected chi connectivity index (χ1v) is 13.5. The van der Waals surface area contributed by atoms with Gasteiger partial charge in [0.1, 0.15) is 6.04 Å². The van der Waals surface area contributed by atoms with Crippen molar-refractivity contribution in [1.29, 1.82) is 0 Å². The van der Waals surface area contributed by atoms with E-state index in [1.807, 2.05) is 27.8 Å². The molecule has 2 aliphatic heterocycles. The summed E-state index contributed by atoms with van der Waals surface area (Å²) in [6.45, 7) is 2.13. The van der Waals surface area contributed by atoms with Crippen LogP contribution < -0.4 is 5.32 Å². The molecule has 3 heterocycles. The summed E-state index contributed by atoms with van der Waals surface area (Å²) in [5.74, 6) is -0.155. The number of thiol groups is 1. The Labute approximate surface area is 210 Å². The highest BCUT2D eigenvalue weighted by Gasteiger charge is 2.41. The Morgan fingerprint density at radius 2 is 1.97 bits per heavy atom. The van der Waals surface area contributed by atoms with Crippen molar-refractivity contribution in [2.45, 2.75) is 62.4 Å². The summed E-state index contributed by atoms with van der Waals surface area (Å²) in [6, 6.07) is 18.5. The molecule has 2 amide bonds. The highest BCUT2D eigenvalue weighted by molar-refractivity contribution is 7.81. The maximum atomic E-state index is 13.8. The summed E-state index contributed by atoms with van der Waals surface area (Å²) in [6.07, 6.45) is 4.10. The van der Waals surface area contributed by atoms with Crippen molar-refractivity contribution < 1.29 is 9.59 Å². The van der Waals surface area contributed by atoms with E-state index in [2.05, 4.69) is 67.3 Å². The number of carbonyl (C=O) groups is 2. The van der Waals surface area contributed by atoms with Gasteiger partial charge in [-0.25, -0.2) is 0 Å². The molecule has 4 nitrogen and oxygen atoms in total. The molecule has 4 atom stereocenters. The summed E-state index contributed by atoms with van der Waals surface area (Å²) >= 11 is 6.16. The van der Waals surface area contributed by atoms with Crippen LogP contribution in [0.3, 0.4) is 0 Å². The van der Waals surface area contributed by atoms with Gasteiger partial charge in [-0.15, -0.1) is 0 Å². The minimum atomic E-state index is -0.573. The number of piperidine rings is 1. The number of hydrogen-bond acceptors (Lipinski definition) is 4. The molecular weight excluding hydrogens is 460 g/mol. The van der Waals surface area contributed by atoms with Gasteiger partial charge in [0, 0.05) is 12.5 Å². The van der Waals surface area contributed by atoms with Crippen molar-refractivity contribution in [3.8, 4) is 11.1 Å². The van der Waals surface area contributed by atoms with Crippen molar-refractivity contribution in [2.24, 2.45) is 0 Å². The van der Waals surface area contributed by atoms with Crippen LogP contribution in [-0.4, -0.2) is 34.0 Å². The fourth-order valence-corrected chi connectivity index (χ4v) is 6.33. The smallest absolute Gasteiger partial charge is 0.246 e. The van der Waals surface area contributed by atoms with Crippen LogP contribution in [0.5, 0.6) is 0 Å². The molecule has 1 saturated heterocycles. The lowest BCUT2D eigenvalue weighted by Crippen LogP contribution is -2.54. The molecule has 0 bridgehead atoms. The summed E-state index contributed by atoms with van der Waals surface area (Å²) in [5, 5.41) is 6.61. The van der Waals surface area contributed by atoms with Crippen molar-refractivity contribution >= 4 is 35.8 Å². The van der Waals surface area contributed by atoms with Gasteiger partial charge in [-0.05, 0) is 83.3 Å². The van der Waals surface area contributed by atoms with Crippen molar-refractivity contribution in [3.63, 3.8) is 0 Å². The van der Waals surface area contributed by atoms with Gasteiger partial charge < -0.3 is 10.2 Å². The Bertz CT molecular complexity index is 1160. The lowest BCUT2D eigenvalue weighted by atomic mass is 9.88. The summed E-state index contributed by atoms with van der Waals surface area (Å²) in [7, 11) is 0. The highest BCUT2D eigenvalue weighted by Crippen LogP contribution is 2.40. The number of benzene rings is 2. The van der Waals surface area contributed by atoms with Crippen molar-refractivity contribution in [2.75, 3.05) is 0 Å². The molecule has 34 heavy (non-hydrogen) atoms. The number of nitrogens with one attached hydrogen (secondary N) is 1. The molecule has 0 spiro atoms. The van der Waals surface area contributed by atoms with Gasteiger partial charge in [-0.1, -0.05) is 42.5 Å². The quantitative estimate of drug-likeness (QED) is 0.468. The van der Waals surface area contributed by atoms with E-state index in [0.29, 0.717) is 12.8 Å². The minimum absolute atomic E-state index is 0.0269. The van der Waals surface area contributed by atoms with E-state index >= 15 is 0 Å². The number of carbonyl (C=O) groups excluding carboxylic acids is 2. The van der Waals surface area contributed by atoms with Crippen LogP contribution in [0, 0.1) is 0 Å². The van der Waals surface area contributed by atoms with E-state index in [0.717, 1.165) is 30.4 Å². The Kier molecular flexibility index (Phi) is 6.79. The Morgan fingerprint density at radius 3 is 2.74 bits per heavy atom. The van der Waals surface area contributed by atoms with E-state index in [1.54, 1.807) is 11.3 Å². The summed E-state index contributed by atoms with van der Waals surface area (Å²) < 4.78 is 0. The number of nitrogens with zero attached hydrogens (tertiary/aromatic N) is 1. The van der Waals surface area contributed by atoms with E-state index in [-0.39, 0.29) is 23.9 Å². The van der Waals surface area contributed by atoms with Crippen LogP contribution >= 0.6 is 24.0 Å². The molecule has 0 radical (unpaired) electrons. The average molecular weight is 491 g/mol. The van der Waals surface area contributed by atoms with E-state index in [4.69, 9.17) is 0 Å². The largest absolute Gasteiger partial charge is 0.343 e. The first kappa shape index (κ1) is 23.2. The monoisotopic (exact) mass is 490 g/mol. The van der Waals surface area contributed by atoms with Crippen molar-refractivity contribution in [3.05, 3.63) is 82.0 Å². The van der Waals surface area contributed by atoms with E-state index in [9.17, 15) is 9.59 Å². The first-order chi connectivity index (χ1) is 16.5. The SMILES string of the molecule is CC1CCCC2c3cc(-c4ccccc4)ccc3C[C@H](NC(=O)[C@H](S)Cc3ccsc3)C(=O)N12. The minimum Gasteiger partial charge on any atom is -0.343 e. The molecule has 1 N–H and O–H groups in total. The molecular formula is C28H30N2O2S2. The molecule has 2 aliphatic rings. The topological polar surface area (TPSA) is 49.4 Å². The first-order valence-electron chi connectivity index (χ1n) is 12.0. The van der Waals surface area contributed by atoms with E-state index in [1.165, 1.54) is 16.7 Å². The van der Waals surface area contributed by atoms with Crippen molar-refractivity contribution in [1.82, 2.24) is 10.2 Å². The van der Waals surface area contributed by atoms with Gasteiger partial charge in [0.25, 0.3) is 0 Å². The fourth-order valence-electron chi connectivity index (χ4n) is 5.36. The number of rotatable bonds is 5. The molecule has 176 valence electrons. The van der Waals surface area contributed by atoms with Gasteiger partial charge in [0.05, 0.1) is 11.3 Å². The van der Waals surface area contributed by atoms with Crippen LogP contribution in [0.1, 0.15) is 48.9 Å². The highest BCUT2D eigenvalue weighted by atomic mass is 32.1. The normalized spacial score (nSPS) is 22.9. The molecule has 6 heteroatoms. The molecule has 3 aromatic rings. The van der Waals surface area contributed by atoms with Gasteiger partial charge in [0.15, 0.2) is 0 Å². The standard InChI is InChI=1S/C28H30N2O2S2/c1-18-6-5-9-25-23-15-21(20-7-3-2-4-8-20)10-11-22(23)16-24(28(32)30(18)25)29-27(31)26(33)14-19-12-13-34-17-19/h2-4,7-8,10-13,15,17-18,24-26,33H,5-6,9,14,16H2,1H3,(H,29,31)/t18?,24-,25?,26+/m0/s1. The second-order valence-electron chi connectivity index (χ2n) is 9.44. The van der Waals surface area contributed by atoms with E-state index < -0.39 is 11.3 Å². The third-order valence-electron chi connectivity index (χ3n) is 7.13. The fraction of sp³-hybridized carbons (Fsp3) is 0.357. The lowest BCUT2D eigenvalue weighted by Gasteiger charge is -2.41. The van der Waals surface area contributed by atoms with Gasteiger partial charge in [-0.3, -0.25) is 9.59 Å². The molecule has 0 saturated carbocycles. The second-order valence-corrected chi connectivity index (χ2v) is 10.8. The number of hydrogen-bond donors (Lipinski definition) is 2. The maximum Gasteiger partial charge on any atom is 0.246 e. The van der Waals surface area contributed by atoms with Gasteiger partial charge in [-0.2, -0.15) is 24.0 Å². The summed E-state index contributed by atoms with van der Waals surface area (Å²) in [4.78, 5) is 28.9. The average Bonchev–Trinajstić information content (AvgIpc) is 3.33. The zero-order chi connectivity index (χ0) is 23.7. The van der Waals surface area contributed by atoms with Gasteiger partial charge in [0.2, 0.25) is 11.8 Å². The van der Waals surface area contributed by atoms with Crippen LogP contribution in [0.4, 0.5) is 0 Å². The Hall–Kier alpha value is -2.57. The van der Waals surface area contributed by atoms with Gasteiger partial charge >= 0.3 is 0 Å². The molecule has 5 rings (SSSR count). The zero-order valence-corrected chi connectivity index (χ0v) is 21.0. The van der Waals surface area contributed by atoms with Crippen LogP contribution in [0.25, 0.3) is 11.1 Å². The van der Waals surface area contributed by atoms with Crippen LogP contribution in [-0.2, 0) is 22.4 Å². The molecule has 2 aromatic carbocycles. The molecule has 1 aromatic heterocycles. The Morgan fingerprint density at radius 1 is 1.15 bits per heavy atom. The van der Waals surface area contributed by atoms with Crippen LogP contribution in [0.15, 0.2) is 65.4 Å². The maximum absolute atomic E-state index is 13.8. The third-order valence-corrected chi connectivity index (χ3v) is 8.28. The number of thiophene rings is 1.